The minimum Gasteiger partial charge on any atom is -0.393 e. The summed E-state index contributed by atoms with van der Waals surface area (Å²) in [5, 5.41) is 14.4. The third-order valence-electron chi connectivity index (χ3n) is 16.9. The summed E-state index contributed by atoms with van der Waals surface area (Å²) in [6, 6.07) is 0.143. The number of rotatable bonds is 4. The zero-order chi connectivity index (χ0) is 33.9. The van der Waals surface area contributed by atoms with Gasteiger partial charge in [0.1, 0.15) is 0 Å². The van der Waals surface area contributed by atoms with Gasteiger partial charge in [-0.2, -0.15) is 0 Å². The zero-order valence-corrected chi connectivity index (χ0v) is 31.2. The quantitative estimate of drug-likeness (QED) is 0.313. The van der Waals surface area contributed by atoms with Crippen LogP contribution in [-0.4, -0.2) is 71.6 Å². The highest BCUT2D eigenvalue weighted by atomic mass is 16.3. The average molecular weight is 652 g/mol. The predicted molar refractivity (Wildman–Crippen MR) is 190 cm³/mol. The maximum atomic E-state index is 14.4. The Labute approximate surface area is 287 Å². The lowest BCUT2D eigenvalue weighted by molar-refractivity contribution is -0.232. The van der Waals surface area contributed by atoms with Gasteiger partial charge in [0.25, 0.3) is 0 Å². The Hall–Kier alpha value is -1.40. The van der Waals surface area contributed by atoms with Crippen LogP contribution in [0, 0.1) is 63.1 Å². The van der Waals surface area contributed by atoms with Gasteiger partial charge in [-0.15, -0.1) is 6.58 Å². The molecule has 6 heteroatoms. The van der Waals surface area contributed by atoms with Gasteiger partial charge in [-0.1, -0.05) is 54.0 Å². The average Bonchev–Trinajstić information content (AvgIpc) is 3.50. The normalized spacial score (nSPS) is 49.1. The molecule has 7 fully saturated rings. The second kappa shape index (κ2) is 13.1. The minimum absolute atomic E-state index is 0.0651. The van der Waals surface area contributed by atoms with Crippen molar-refractivity contribution in [1.29, 1.82) is 0 Å². The SMILES string of the molecule is C=CC.CCN1CCN(C(=O)C2CC(NC(=O)C34CCCC3C3CCC5C6(C)CCC(O)C(C)C6CCC5(C)[C@]3(C)CC4)C2C)CC1. The van der Waals surface area contributed by atoms with Gasteiger partial charge in [-0.3, -0.25) is 9.59 Å². The summed E-state index contributed by atoms with van der Waals surface area (Å²) in [5.74, 6) is 3.85. The molecule has 0 aromatic heterocycles. The number of nitrogens with zero attached hydrogens (tertiary/aromatic N) is 2. The highest BCUT2D eigenvalue weighted by Gasteiger charge is 2.70. The van der Waals surface area contributed by atoms with Crippen LogP contribution in [0.4, 0.5) is 0 Å². The van der Waals surface area contributed by atoms with E-state index in [0.29, 0.717) is 46.3 Å². The van der Waals surface area contributed by atoms with Crippen LogP contribution in [-0.2, 0) is 9.59 Å². The number of carbonyl (C=O) groups is 2. The van der Waals surface area contributed by atoms with Crippen molar-refractivity contribution in [2.45, 2.75) is 138 Å². The molecule has 13 atom stereocenters. The number of amides is 2. The molecule has 1 saturated heterocycles. The first-order valence-corrected chi connectivity index (χ1v) is 19.9. The summed E-state index contributed by atoms with van der Waals surface area (Å²) in [6.45, 7) is 24.6. The van der Waals surface area contributed by atoms with Gasteiger partial charge in [0.05, 0.1) is 11.5 Å². The second-order valence-electron chi connectivity index (χ2n) is 18.3. The Kier molecular flexibility index (Phi) is 9.84. The van der Waals surface area contributed by atoms with Crippen molar-refractivity contribution in [3.63, 3.8) is 0 Å². The summed E-state index contributed by atoms with van der Waals surface area (Å²) < 4.78 is 0. The van der Waals surface area contributed by atoms with Crippen LogP contribution < -0.4 is 5.32 Å². The molecular weight excluding hydrogens is 582 g/mol. The third-order valence-corrected chi connectivity index (χ3v) is 16.9. The molecule has 6 nitrogen and oxygen atoms in total. The van der Waals surface area contributed by atoms with Crippen molar-refractivity contribution in [3.8, 4) is 0 Å². The standard InChI is InChI=1S/C38H63N3O3.C3H6/c1-7-40-19-21-41(22-20-40)33(43)26-23-30(24(26)2)39-34(44)38-14-8-9-29(38)28-10-11-32-35(4)15-13-31(42)25(3)27(35)12-16-37(32,6)36(28,5)17-18-38;1-3-2/h24-32,42H,7-23H2,1-6H3,(H,39,44);3H,1H2,2H3/t24?,25?,26?,27?,28?,29?,30?,31?,32?,35?,36-,37?,38?;/m1./s1. The van der Waals surface area contributed by atoms with E-state index in [1.54, 1.807) is 6.08 Å². The van der Waals surface area contributed by atoms with Gasteiger partial charge < -0.3 is 20.2 Å². The highest BCUT2D eigenvalue weighted by Crippen LogP contribution is 2.76. The molecule has 7 rings (SSSR count). The molecule has 266 valence electrons. The van der Waals surface area contributed by atoms with Crippen molar-refractivity contribution < 1.29 is 14.7 Å². The summed E-state index contributed by atoms with van der Waals surface area (Å²) in [6.07, 6.45) is 15.4. The monoisotopic (exact) mass is 652 g/mol. The number of aliphatic hydroxyl groups excluding tert-OH is 1. The Balaban J connectivity index is 0.00000124. The number of piperazine rings is 1. The van der Waals surface area contributed by atoms with Crippen LogP contribution in [0.5, 0.6) is 0 Å². The molecule has 6 saturated carbocycles. The minimum atomic E-state index is -0.205. The van der Waals surface area contributed by atoms with E-state index in [0.717, 1.165) is 64.3 Å². The van der Waals surface area contributed by atoms with E-state index in [4.69, 9.17) is 0 Å². The lowest BCUT2D eigenvalue weighted by Gasteiger charge is -2.71. The topological polar surface area (TPSA) is 72.9 Å². The maximum absolute atomic E-state index is 14.4. The molecule has 2 amide bonds. The van der Waals surface area contributed by atoms with Gasteiger partial charge in [0.15, 0.2) is 0 Å². The Bertz CT molecular complexity index is 1180. The van der Waals surface area contributed by atoms with Gasteiger partial charge >= 0.3 is 0 Å². The first kappa shape index (κ1) is 35.4. The molecule has 1 aliphatic heterocycles. The highest BCUT2D eigenvalue weighted by molar-refractivity contribution is 5.85. The molecule has 7 aliphatic rings. The molecule has 6 aliphatic carbocycles. The number of likely N-dealkylation sites (N-methyl/N-ethyl adjacent to an activating group) is 1. The summed E-state index contributed by atoms with van der Waals surface area (Å²) >= 11 is 0. The molecule has 0 bridgehead atoms. The van der Waals surface area contributed by atoms with Crippen LogP contribution >= 0.6 is 0 Å². The van der Waals surface area contributed by atoms with Gasteiger partial charge in [-0.05, 0) is 136 Å². The largest absolute Gasteiger partial charge is 0.393 e. The van der Waals surface area contributed by atoms with E-state index in [1.807, 2.05) is 6.92 Å². The van der Waals surface area contributed by atoms with Crippen molar-refractivity contribution in [2.75, 3.05) is 32.7 Å². The summed E-state index contributed by atoms with van der Waals surface area (Å²) in [7, 11) is 0. The first-order chi connectivity index (χ1) is 22.3. The fraction of sp³-hybridized carbons (Fsp3) is 0.902. The summed E-state index contributed by atoms with van der Waals surface area (Å²) in [4.78, 5) is 32.3. The number of carbonyl (C=O) groups excluding carboxylic acids is 2. The summed E-state index contributed by atoms with van der Waals surface area (Å²) in [5.41, 5.74) is 0.723. The van der Waals surface area contributed by atoms with Crippen LogP contribution in [0.2, 0.25) is 0 Å². The smallest absolute Gasteiger partial charge is 0.226 e. The lowest BCUT2D eigenvalue weighted by atomic mass is 9.33. The fourth-order valence-electron chi connectivity index (χ4n) is 13.7. The number of fused-ring (bicyclic) bond motifs is 7. The van der Waals surface area contributed by atoms with Crippen molar-refractivity contribution in [1.82, 2.24) is 15.1 Å². The third kappa shape index (κ3) is 5.38. The molecule has 1 heterocycles. The Morgan fingerprint density at radius 3 is 2.21 bits per heavy atom. The number of aliphatic hydroxyl groups is 1. The van der Waals surface area contributed by atoms with Gasteiger partial charge in [0, 0.05) is 38.1 Å². The molecule has 0 aromatic rings. The second-order valence-corrected chi connectivity index (χ2v) is 18.3. The van der Waals surface area contributed by atoms with E-state index in [-0.39, 0.29) is 34.8 Å². The molecular formula is C41H69N3O3. The molecule has 12 unspecified atom stereocenters. The van der Waals surface area contributed by atoms with Gasteiger partial charge in [0.2, 0.25) is 11.8 Å². The van der Waals surface area contributed by atoms with Crippen molar-refractivity contribution in [2.24, 2.45) is 63.1 Å². The van der Waals surface area contributed by atoms with E-state index < -0.39 is 0 Å². The van der Waals surface area contributed by atoms with Crippen LogP contribution in [0.1, 0.15) is 126 Å². The molecule has 0 spiro atoms. The van der Waals surface area contributed by atoms with E-state index in [9.17, 15) is 14.7 Å². The fourth-order valence-corrected chi connectivity index (χ4v) is 13.7. The number of allylic oxidation sites excluding steroid dienone is 1. The van der Waals surface area contributed by atoms with E-state index >= 15 is 0 Å². The molecule has 47 heavy (non-hydrogen) atoms. The van der Waals surface area contributed by atoms with E-state index in [2.05, 4.69) is 63.2 Å². The molecule has 0 aromatic carbocycles. The maximum Gasteiger partial charge on any atom is 0.226 e. The number of nitrogens with one attached hydrogen (secondary N) is 1. The van der Waals surface area contributed by atoms with Crippen LogP contribution in [0.15, 0.2) is 12.7 Å². The number of hydrogen-bond donors (Lipinski definition) is 2. The van der Waals surface area contributed by atoms with Crippen LogP contribution in [0.3, 0.4) is 0 Å². The Morgan fingerprint density at radius 2 is 1.55 bits per heavy atom. The first-order valence-electron chi connectivity index (χ1n) is 19.9. The predicted octanol–water partition coefficient (Wildman–Crippen LogP) is 7.31. The molecule has 2 N–H and O–H groups in total. The van der Waals surface area contributed by atoms with Crippen molar-refractivity contribution >= 4 is 11.8 Å². The van der Waals surface area contributed by atoms with Crippen LogP contribution in [0.25, 0.3) is 0 Å². The Morgan fingerprint density at radius 1 is 0.851 bits per heavy atom. The van der Waals surface area contributed by atoms with E-state index in [1.165, 1.54) is 51.4 Å². The number of hydrogen-bond acceptors (Lipinski definition) is 4. The molecule has 0 radical (unpaired) electrons. The zero-order valence-electron chi connectivity index (χ0n) is 31.2. The lowest BCUT2D eigenvalue weighted by Crippen LogP contribution is -2.66. The van der Waals surface area contributed by atoms with Crippen molar-refractivity contribution in [3.05, 3.63) is 12.7 Å². The van der Waals surface area contributed by atoms with Gasteiger partial charge in [-0.25, -0.2) is 0 Å².